The number of nitrogens with two attached hydrogens (primary N) is 1. The average molecular weight is 359 g/mol. The Kier molecular flexibility index (Phi) is 4.18. The van der Waals surface area contributed by atoms with E-state index in [1.165, 1.54) is 4.90 Å². The largest absolute Gasteiger partial charge is 0.399 e. The molecule has 25 heavy (non-hydrogen) atoms. The number of anilines is 1. The number of nitrogens with one attached hydrogen (secondary N) is 1. The molecule has 0 bridgehead atoms. The number of H-pyrrole nitrogens is 1. The van der Waals surface area contributed by atoms with Gasteiger partial charge in [-0.15, -0.1) is 12.4 Å². The zero-order valence-corrected chi connectivity index (χ0v) is 14.8. The van der Waals surface area contributed by atoms with Crippen molar-refractivity contribution in [2.75, 3.05) is 32.9 Å². The maximum Gasteiger partial charge on any atom is 0.262 e. The second-order valence-corrected chi connectivity index (χ2v) is 6.41. The van der Waals surface area contributed by atoms with Crippen LogP contribution >= 0.6 is 12.4 Å². The maximum absolute atomic E-state index is 12.9. The molecule has 0 aliphatic carbocycles. The number of hydrogen-bond acceptors (Lipinski definition) is 4. The summed E-state index contributed by atoms with van der Waals surface area (Å²) in [5.41, 5.74) is 9.22. The van der Waals surface area contributed by atoms with Crippen molar-refractivity contribution >= 4 is 51.7 Å². The Morgan fingerprint density at radius 1 is 1.08 bits per heavy atom. The molecule has 7 heteroatoms. The number of halogens is 1. The van der Waals surface area contributed by atoms with E-state index in [4.69, 9.17) is 5.73 Å². The van der Waals surface area contributed by atoms with Crippen LogP contribution in [-0.4, -0.2) is 53.8 Å². The number of benzene rings is 2. The molecule has 0 fully saturated rings. The number of nitrogen functional groups attached to an aromatic ring is 1. The zero-order chi connectivity index (χ0) is 17.0. The van der Waals surface area contributed by atoms with Crippen molar-refractivity contribution in [3.8, 4) is 0 Å². The molecule has 3 N–H and O–H groups in total. The molecule has 6 nitrogen and oxygen atoms in total. The lowest BCUT2D eigenvalue weighted by atomic mass is 10.0. The minimum absolute atomic E-state index is 0. The molecule has 2 amide bonds. The summed E-state index contributed by atoms with van der Waals surface area (Å²) in [6.45, 7) is 1.01. The van der Waals surface area contributed by atoms with Gasteiger partial charge in [-0.2, -0.15) is 0 Å². The predicted octanol–water partition coefficient (Wildman–Crippen LogP) is 2.48. The van der Waals surface area contributed by atoms with E-state index in [9.17, 15) is 9.59 Å². The lowest BCUT2D eigenvalue weighted by molar-refractivity contribution is 0.0645. The van der Waals surface area contributed by atoms with E-state index in [1.807, 2.05) is 43.3 Å². The molecule has 0 atom stereocenters. The van der Waals surface area contributed by atoms with Crippen LogP contribution in [-0.2, 0) is 0 Å². The highest BCUT2D eigenvalue weighted by Gasteiger charge is 2.37. The van der Waals surface area contributed by atoms with E-state index in [2.05, 4.69) is 4.98 Å². The van der Waals surface area contributed by atoms with Gasteiger partial charge in [0.1, 0.15) is 0 Å². The van der Waals surface area contributed by atoms with E-state index in [1.54, 1.807) is 6.07 Å². The Morgan fingerprint density at radius 2 is 1.80 bits per heavy atom. The first-order chi connectivity index (χ1) is 11.5. The highest BCUT2D eigenvalue weighted by Crippen LogP contribution is 2.35. The van der Waals surface area contributed by atoms with Gasteiger partial charge in [0.15, 0.2) is 0 Å². The third kappa shape index (κ3) is 2.54. The Bertz CT molecular complexity index is 1010. The van der Waals surface area contributed by atoms with Gasteiger partial charge in [-0.05, 0) is 44.4 Å². The van der Waals surface area contributed by atoms with E-state index < -0.39 is 0 Å². The van der Waals surface area contributed by atoms with Crippen molar-refractivity contribution < 1.29 is 9.59 Å². The molecule has 3 aromatic rings. The SMILES string of the molecule is CN(C)CCN1C(=O)c2ccc3[nH]c4ccc(N)cc4c3c2C1=O.Cl. The topological polar surface area (TPSA) is 82.4 Å². The number of likely N-dealkylation sites (N-methyl/N-ethyl adjacent to an activating group) is 1. The molecule has 1 aliphatic heterocycles. The number of aromatic amines is 1. The van der Waals surface area contributed by atoms with Crippen LogP contribution in [0.2, 0.25) is 0 Å². The van der Waals surface area contributed by atoms with Gasteiger partial charge < -0.3 is 15.6 Å². The summed E-state index contributed by atoms with van der Waals surface area (Å²) in [5, 5.41) is 1.65. The number of hydrogen-bond donors (Lipinski definition) is 2. The second kappa shape index (κ2) is 6.06. The Morgan fingerprint density at radius 3 is 2.52 bits per heavy atom. The molecule has 1 aliphatic rings. The predicted molar refractivity (Wildman–Crippen MR) is 101 cm³/mol. The van der Waals surface area contributed by atoms with Gasteiger partial charge in [0.25, 0.3) is 11.8 Å². The average Bonchev–Trinajstić information content (AvgIpc) is 3.01. The van der Waals surface area contributed by atoms with Crippen molar-refractivity contribution in [1.29, 1.82) is 0 Å². The molecule has 0 saturated carbocycles. The van der Waals surface area contributed by atoms with Crippen molar-refractivity contribution in [2.24, 2.45) is 0 Å². The molecule has 0 radical (unpaired) electrons. The summed E-state index contributed by atoms with van der Waals surface area (Å²) in [6.07, 6.45) is 0. The van der Waals surface area contributed by atoms with Crippen LogP contribution in [0.25, 0.3) is 21.8 Å². The number of imide groups is 1. The van der Waals surface area contributed by atoms with E-state index >= 15 is 0 Å². The highest BCUT2D eigenvalue weighted by molar-refractivity contribution is 6.30. The molecule has 130 valence electrons. The van der Waals surface area contributed by atoms with Crippen LogP contribution in [0.4, 0.5) is 5.69 Å². The molecule has 0 saturated heterocycles. The Hall–Kier alpha value is -2.57. The summed E-state index contributed by atoms with van der Waals surface area (Å²) >= 11 is 0. The van der Waals surface area contributed by atoms with Gasteiger partial charge in [0, 0.05) is 40.6 Å². The summed E-state index contributed by atoms with van der Waals surface area (Å²) in [7, 11) is 3.83. The standard InChI is InChI=1S/C18H18N4O2.ClH/c1-21(2)7-8-22-17(23)11-4-6-14-15(16(11)18(22)24)12-9-10(19)3-5-13(12)20-14;/h3-6,9,20H,7-8,19H2,1-2H3;1H. The Labute approximate surface area is 151 Å². The van der Waals surface area contributed by atoms with Gasteiger partial charge in [-0.25, -0.2) is 0 Å². The first-order valence-corrected chi connectivity index (χ1v) is 7.82. The molecule has 0 unspecified atom stereocenters. The number of aromatic nitrogens is 1. The fraction of sp³-hybridized carbons (Fsp3) is 0.222. The fourth-order valence-electron chi connectivity index (χ4n) is 3.29. The third-order valence-corrected chi connectivity index (χ3v) is 4.49. The molecule has 4 rings (SSSR count). The van der Waals surface area contributed by atoms with E-state index in [0.29, 0.717) is 29.9 Å². The summed E-state index contributed by atoms with van der Waals surface area (Å²) in [4.78, 5) is 32.1. The van der Waals surface area contributed by atoms with Gasteiger partial charge in [0.2, 0.25) is 0 Å². The molecular formula is C18H19ClN4O2. The second-order valence-electron chi connectivity index (χ2n) is 6.41. The minimum Gasteiger partial charge on any atom is -0.399 e. The first-order valence-electron chi connectivity index (χ1n) is 7.82. The number of fused-ring (bicyclic) bond motifs is 5. The van der Waals surface area contributed by atoms with Crippen LogP contribution in [0.3, 0.4) is 0 Å². The molecule has 0 spiro atoms. The number of rotatable bonds is 3. The van der Waals surface area contributed by atoms with E-state index in [-0.39, 0.29) is 24.2 Å². The monoisotopic (exact) mass is 358 g/mol. The van der Waals surface area contributed by atoms with Gasteiger partial charge in [0.05, 0.1) is 11.1 Å². The number of carbonyl (C=O) groups excluding carboxylic acids is 2. The van der Waals surface area contributed by atoms with Gasteiger partial charge >= 0.3 is 0 Å². The van der Waals surface area contributed by atoms with Gasteiger partial charge in [-0.1, -0.05) is 0 Å². The van der Waals surface area contributed by atoms with E-state index in [0.717, 1.165) is 21.8 Å². The Balaban J connectivity index is 0.00000182. The quantitative estimate of drug-likeness (QED) is 0.556. The number of carbonyl (C=O) groups is 2. The van der Waals surface area contributed by atoms with Crippen LogP contribution in [0.5, 0.6) is 0 Å². The lowest BCUT2D eigenvalue weighted by Crippen LogP contribution is -2.35. The van der Waals surface area contributed by atoms with Crippen molar-refractivity contribution in [1.82, 2.24) is 14.8 Å². The number of amides is 2. The highest BCUT2D eigenvalue weighted by atomic mass is 35.5. The molecular weight excluding hydrogens is 340 g/mol. The van der Waals surface area contributed by atoms with Crippen molar-refractivity contribution in [2.45, 2.75) is 0 Å². The van der Waals surface area contributed by atoms with Gasteiger partial charge in [-0.3, -0.25) is 14.5 Å². The normalized spacial score (nSPS) is 13.8. The first kappa shape index (κ1) is 17.3. The van der Waals surface area contributed by atoms with Crippen molar-refractivity contribution in [3.63, 3.8) is 0 Å². The number of nitrogens with zero attached hydrogens (tertiary/aromatic N) is 2. The van der Waals surface area contributed by atoms with Crippen LogP contribution in [0.1, 0.15) is 20.7 Å². The summed E-state index contributed by atoms with van der Waals surface area (Å²) in [5.74, 6) is -0.456. The van der Waals surface area contributed by atoms with Crippen LogP contribution < -0.4 is 5.73 Å². The minimum atomic E-state index is -0.231. The zero-order valence-electron chi connectivity index (χ0n) is 14.0. The molecule has 2 heterocycles. The van der Waals surface area contributed by atoms with Crippen LogP contribution in [0.15, 0.2) is 30.3 Å². The van der Waals surface area contributed by atoms with Crippen LogP contribution in [0, 0.1) is 0 Å². The molecule has 1 aromatic heterocycles. The maximum atomic E-state index is 12.9. The smallest absolute Gasteiger partial charge is 0.262 e. The van der Waals surface area contributed by atoms with Crippen molar-refractivity contribution in [3.05, 3.63) is 41.5 Å². The summed E-state index contributed by atoms with van der Waals surface area (Å²) in [6, 6.07) is 9.13. The molecule has 2 aromatic carbocycles. The lowest BCUT2D eigenvalue weighted by Gasteiger charge is -2.16. The third-order valence-electron chi connectivity index (χ3n) is 4.49. The summed E-state index contributed by atoms with van der Waals surface area (Å²) < 4.78 is 0. The fourth-order valence-corrected chi connectivity index (χ4v) is 3.29.